The van der Waals surface area contributed by atoms with E-state index in [1.807, 2.05) is 13.8 Å². The normalized spacial score (nSPS) is 18.5. The topological polar surface area (TPSA) is 86.4 Å². The van der Waals surface area contributed by atoms with Crippen LogP contribution in [0.2, 0.25) is 0 Å². The van der Waals surface area contributed by atoms with Crippen molar-refractivity contribution in [1.82, 2.24) is 19.9 Å². The smallest absolute Gasteiger partial charge is 0.417 e. The summed E-state index contributed by atoms with van der Waals surface area (Å²) in [6, 6.07) is 2.94. The molecule has 2 unspecified atom stereocenters. The molecular formula is C27H29F6N5O2S. The maximum absolute atomic E-state index is 15.6. The van der Waals surface area contributed by atoms with Gasteiger partial charge in [-0.15, -0.1) is 0 Å². The van der Waals surface area contributed by atoms with Gasteiger partial charge in [0.25, 0.3) is 0 Å². The number of ether oxygens (including phenoxy) is 2. The summed E-state index contributed by atoms with van der Waals surface area (Å²) in [5, 5.41) is -0.375. The Bertz CT molecular complexity index is 1530. The number of rotatable bonds is 3. The lowest BCUT2D eigenvalue weighted by atomic mass is 9.95. The second kappa shape index (κ2) is 12.2. The van der Waals surface area contributed by atoms with E-state index in [0.717, 1.165) is 36.4 Å². The number of thiazole rings is 1. The molecule has 2 aromatic heterocycles. The van der Waals surface area contributed by atoms with Crippen molar-refractivity contribution in [1.29, 1.82) is 0 Å². The summed E-state index contributed by atoms with van der Waals surface area (Å²) in [5.41, 5.74) is 2.53. The van der Waals surface area contributed by atoms with Crippen LogP contribution < -0.4 is 15.2 Å². The van der Waals surface area contributed by atoms with E-state index in [9.17, 15) is 22.0 Å². The van der Waals surface area contributed by atoms with Crippen molar-refractivity contribution in [3.63, 3.8) is 0 Å². The average molecular weight is 602 g/mol. The van der Waals surface area contributed by atoms with E-state index < -0.39 is 40.6 Å². The average Bonchev–Trinajstić information content (AvgIpc) is 3.64. The van der Waals surface area contributed by atoms with Crippen LogP contribution in [0.3, 0.4) is 0 Å². The summed E-state index contributed by atoms with van der Waals surface area (Å²) >= 11 is 0.745. The first-order valence-electron chi connectivity index (χ1n) is 12.9. The number of aromatic nitrogens is 3. The predicted octanol–water partition coefficient (Wildman–Crippen LogP) is 7.02. The van der Waals surface area contributed by atoms with Crippen molar-refractivity contribution in [3.05, 3.63) is 35.4 Å². The fourth-order valence-corrected chi connectivity index (χ4v) is 5.90. The molecule has 2 atom stereocenters. The van der Waals surface area contributed by atoms with Crippen molar-refractivity contribution in [3.8, 4) is 23.0 Å². The van der Waals surface area contributed by atoms with E-state index in [1.54, 1.807) is 0 Å². The Morgan fingerprint density at radius 2 is 1.78 bits per heavy atom. The minimum Gasteiger partial charge on any atom is -0.480 e. The number of alkyl halides is 4. The lowest BCUT2D eigenvalue weighted by Gasteiger charge is -2.17. The van der Waals surface area contributed by atoms with Crippen LogP contribution in [0.4, 0.5) is 31.5 Å². The molecule has 6 rings (SSSR count). The number of halogens is 6. The van der Waals surface area contributed by atoms with Gasteiger partial charge in [-0.2, -0.15) is 23.1 Å². The molecule has 2 aliphatic heterocycles. The quantitative estimate of drug-likeness (QED) is 0.253. The molecule has 0 radical (unpaired) electrons. The molecule has 4 aromatic rings. The van der Waals surface area contributed by atoms with Gasteiger partial charge in [0.2, 0.25) is 5.88 Å². The van der Waals surface area contributed by atoms with Crippen LogP contribution in [0.5, 0.6) is 11.9 Å². The van der Waals surface area contributed by atoms with Gasteiger partial charge in [-0.05, 0) is 44.0 Å². The first kappa shape index (κ1) is 30.6. The molecule has 222 valence electrons. The molecule has 2 saturated heterocycles. The summed E-state index contributed by atoms with van der Waals surface area (Å²) in [7, 11) is 2.38. The Kier molecular flexibility index (Phi) is 9.12. The minimum absolute atomic E-state index is 0.0724. The van der Waals surface area contributed by atoms with Crippen molar-refractivity contribution >= 4 is 37.6 Å². The summed E-state index contributed by atoms with van der Waals surface area (Å²) in [4.78, 5) is 13.8. The number of nitrogens with zero attached hydrogens (tertiary/aromatic N) is 4. The van der Waals surface area contributed by atoms with Gasteiger partial charge in [0, 0.05) is 23.7 Å². The van der Waals surface area contributed by atoms with E-state index in [2.05, 4.69) is 19.9 Å². The van der Waals surface area contributed by atoms with Gasteiger partial charge in [-0.1, -0.05) is 25.2 Å². The van der Waals surface area contributed by atoms with E-state index in [4.69, 9.17) is 15.2 Å². The second-order valence-electron chi connectivity index (χ2n) is 9.18. The molecule has 4 heterocycles. The number of anilines is 1. The summed E-state index contributed by atoms with van der Waals surface area (Å²) in [6.07, 6.45) is -2.15. The highest BCUT2D eigenvalue weighted by Gasteiger charge is 2.38. The summed E-state index contributed by atoms with van der Waals surface area (Å²) < 4.78 is 93.8. The number of nitrogen functional groups attached to an aromatic ring is 1. The third-order valence-corrected chi connectivity index (χ3v) is 7.69. The van der Waals surface area contributed by atoms with Crippen molar-refractivity contribution < 1.29 is 35.8 Å². The van der Waals surface area contributed by atoms with Gasteiger partial charge in [-0.25, -0.2) is 18.2 Å². The van der Waals surface area contributed by atoms with E-state index in [-0.39, 0.29) is 38.2 Å². The van der Waals surface area contributed by atoms with Crippen molar-refractivity contribution in [2.75, 3.05) is 33.0 Å². The Morgan fingerprint density at radius 1 is 1.05 bits per heavy atom. The van der Waals surface area contributed by atoms with Crippen molar-refractivity contribution in [2.45, 2.75) is 51.5 Å². The van der Waals surface area contributed by atoms with Gasteiger partial charge in [-0.3, -0.25) is 4.90 Å². The number of nitrogens with two attached hydrogens (primary N) is 1. The Hall–Kier alpha value is -3.39. The van der Waals surface area contributed by atoms with Crippen LogP contribution in [0.15, 0.2) is 18.2 Å². The molecule has 0 aliphatic carbocycles. The Balaban J connectivity index is 0.000000294. The molecule has 7 nitrogen and oxygen atoms in total. The molecule has 0 spiro atoms. The highest BCUT2D eigenvalue weighted by molar-refractivity contribution is 7.22. The number of hydrogen-bond acceptors (Lipinski definition) is 8. The van der Waals surface area contributed by atoms with Gasteiger partial charge < -0.3 is 15.2 Å². The lowest BCUT2D eigenvalue weighted by molar-refractivity contribution is -0.137. The number of benzene rings is 2. The summed E-state index contributed by atoms with van der Waals surface area (Å²) in [5.74, 6) is -2.34. The van der Waals surface area contributed by atoms with Crippen LogP contribution in [-0.4, -0.2) is 59.4 Å². The second-order valence-corrected chi connectivity index (χ2v) is 10.2. The van der Waals surface area contributed by atoms with Crippen LogP contribution in [0, 0.1) is 11.6 Å². The maximum atomic E-state index is 15.6. The Labute approximate surface area is 236 Å². The van der Waals surface area contributed by atoms with Crippen molar-refractivity contribution in [2.24, 2.45) is 0 Å². The fourth-order valence-electron chi connectivity index (χ4n) is 5.13. The van der Waals surface area contributed by atoms with Crippen LogP contribution in [0.25, 0.3) is 32.2 Å². The number of methoxy groups -OCH3 is 2. The SMILES string of the molecule is CC.COc1nc(OC)c2cc(C(F)(F)F)c(-c3ccc(F)c4sc(N)nc34)c(F)c2n1.FC1CC2CCCN2C1. The lowest BCUT2D eigenvalue weighted by Crippen LogP contribution is -2.22. The van der Waals surface area contributed by atoms with Crippen LogP contribution in [-0.2, 0) is 6.18 Å². The molecule has 2 N–H and O–H groups in total. The molecule has 2 aliphatic rings. The van der Waals surface area contributed by atoms with Gasteiger partial charge in [0.1, 0.15) is 17.5 Å². The third kappa shape index (κ3) is 5.98. The molecule has 0 bridgehead atoms. The third-order valence-electron chi connectivity index (χ3n) is 6.80. The monoisotopic (exact) mass is 601 g/mol. The van der Waals surface area contributed by atoms with Gasteiger partial charge >= 0.3 is 12.2 Å². The van der Waals surface area contributed by atoms with Gasteiger partial charge in [0.05, 0.1) is 35.4 Å². The largest absolute Gasteiger partial charge is 0.480 e. The van der Waals surface area contributed by atoms with E-state index >= 15 is 4.39 Å². The Morgan fingerprint density at radius 3 is 2.41 bits per heavy atom. The molecule has 0 amide bonds. The molecule has 2 fully saturated rings. The molecular weight excluding hydrogens is 572 g/mol. The van der Waals surface area contributed by atoms with Gasteiger partial charge in [0.15, 0.2) is 10.9 Å². The first-order chi connectivity index (χ1) is 19.5. The number of fused-ring (bicyclic) bond motifs is 3. The maximum Gasteiger partial charge on any atom is 0.417 e. The van der Waals surface area contributed by atoms with E-state index in [1.165, 1.54) is 27.1 Å². The van der Waals surface area contributed by atoms with Crippen LogP contribution >= 0.6 is 11.3 Å². The first-order valence-corrected chi connectivity index (χ1v) is 13.8. The highest BCUT2D eigenvalue weighted by atomic mass is 32.1. The predicted molar refractivity (Wildman–Crippen MR) is 146 cm³/mol. The molecule has 14 heteroatoms. The molecule has 41 heavy (non-hydrogen) atoms. The standard InChI is InChI=1S/C18H11F5N4O2S.C7H12FN.C2H6/c1-28-15-7-5-8(18(21,22)23)10(11(20)12(7)26-17(27-15)29-2)6-3-4-9(19)14-13(6)25-16(24)30-14;8-6-4-7-2-1-3-9(7)5-6;1-2/h3-5H,1-2H3,(H2,24,25);6-7H,1-5H2;1-2H3. The van der Waals surface area contributed by atoms with E-state index in [0.29, 0.717) is 18.7 Å². The fraction of sp³-hybridized carbons (Fsp3) is 0.444. The number of hydrogen-bond donors (Lipinski definition) is 1. The van der Waals surface area contributed by atoms with Crippen LogP contribution in [0.1, 0.15) is 38.7 Å². The molecule has 2 aromatic carbocycles. The zero-order chi connectivity index (χ0) is 30.1. The highest BCUT2D eigenvalue weighted by Crippen LogP contribution is 2.45. The molecule has 0 saturated carbocycles. The zero-order valence-corrected chi connectivity index (χ0v) is 23.6. The summed E-state index contributed by atoms with van der Waals surface area (Å²) in [6.45, 7) is 5.86. The zero-order valence-electron chi connectivity index (χ0n) is 22.8. The minimum atomic E-state index is -4.96.